The summed E-state index contributed by atoms with van der Waals surface area (Å²) in [5.74, 6) is 0.250. The molecule has 0 radical (unpaired) electrons. The normalized spacial score (nSPS) is 26.6. The van der Waals surface area contributed by atoms with E-state index in [0.29, 0.717) is 0 Å². The Morgan fingerprint density at radius 3 is 2.50 bits per heavy atom. The van der Waals surface area contributed by atoms with Gasteiger partial charge in [-0.25, -0.2) is 5.43 Å². The molecule has 0 aliphatic carbocycles. The van der Waals surface area contributed by atoms with E-state index >= 15 is 0 Å². The van der Waals surface area contributed by atoms with Crippen LogP contribution in [0.15, 0.2) is 0 Å². The van der Waals surface area contributed by atoms with E-state index in [9.17, 15) is 4.79 Å². The van der Waals surface area contributed by atoms with Crippen LogP contribution in [0, 0.1) is 5.92 Å². The molecule has 0 saturated carbocycles. The molecule has 1 atom stereocenters. The minimum atomic E-state index is 0. The van der Waals surface area contributed by atoms with Gasteiger partial charge in [0.2, 0.25) is 5.91 Å². The maximum atomic E-state index is 10.4. The van der Waals surface area contributed by atoms with Crippen LogP contribution in [0.4, 0.5) is 0 Å². The number of hydrogen-bond acceptors (Lipinski definition) is 2. The van der Waals surface area contributed by atoms with E-state index in [1.165, 1.54) is 0 Å². The van der Waals surface area contributed by atoms with Crippen LogP contribution < -0.4 is 10.9 Å². The zero-order chi connectivity index (χ0) is 5.28. The molecule has 48 valence electrons. The first-order valence-corrected chi connectivity index (χ1v) is 2.33. The predicted molar refractivity (Wildman–Crippen MR) is 32.6 cm³/mol. The van der Waals surface area contributed by atoms with Crippen LogP contribution >= 0.6 is 12.4 Å². The van der Waals surface area contributed by atoms with Gasteiger partial charge in [-0.1, -0.05) is 6.92 Å². The Labute approximate surface area is 54.2 Å². The second-order valence-electron chi connectivity index (χ2n) is 1.77. The number of hydrazine groups is 1. The standard InChI is InChI=1S/C4H8N2O.ClH/c1-3-2-5-6-4(3)7;/h3,5H,2H2,1H3,(H,6,7);1H. The highest BCUT2D eigenvalue weighted by atomic mass is 35.5. The van der Waals surface area contributed by atoms with E-state index in [-0.39, 0.29) is 24.2 Å². The van der Waals surface area contributed by atoms with Gasteiger partial charge in [-0.2, -0.15) is 0 Å². The van der Waals surface area contributed by atoms with Crippen LogP contribution in [-0.4, -0.2) is 12.5 Å². The van der Waals surface area contributed by atoms with Crippen molar-refractivity contribution >= 4 is 18.3 Å². The molecular formula is C4H9ClN2O. The summed E-state index contributed by atoms with van der Waals surface area (Å²) in [5.41, 5.74) is 5.20. The van der Waals surface area contributed by atoms with Crippen molar-refractivity contribution in [3.05, 3.63) is 0 Å². The number of carbonyl (C=O) groups excluding carboxylic acids is 1. The SMILES string of the molecule is CC1CNNC1=O.Cl. The topological polar surface area (TPSA) is 41.1 Å². The highest BCUT2D eigenvalue weighted by Gasteiger charge is 2.17. The van der Waals surface area contributed by atoms with Crippen LogP contribution in [-0.2, 0) is 4.79 Å². The second kappa shape index (κ2) is 2.89. The lowest BCUT2D eigenvalue weighted by Crippen LogP contribution is -2.25. The zero-order valence-corrected chi connectivity index (χ0v) is 5.42. The third kappa shape index (κ3) is 1.35. The monoisotopic (exact) mass is 136 g/mol. The number of nitrogens with one attached hydrogen (secondary N) is 2. The molecule has 1 amide bonds. The zero-order valence-electron chi connectivity index (χ0n) is 4.60. The highest BCUT2D eigenvalue weighted by Crippen LogP contribution is 1.94. The van der Waals surface area contributed by atoms with Crippen LogP contribution in [0.1, 0.15) is 6.92 Å². The van der Waals surface area contributed by atoms with Gasteiger partial charge in [0, 0.05) is 6.54 Å². The molecule has 0 bridgehead atoms. The fourth-order valence-corrected chi connectivity index (χ4v) is 0.507. The number of hydrogen-bond donors (Lipinski definition) is 2. The van der Waals surface area contributed by atoms with Crippen molar-refractivity contribution in [3.63, 3.8) is 0 Å². The molecule has 0 aromatic heterocycles. The minimum Gasteiger partial charge on any atom is -0.291 e. The molecule has 1 aliphatic heterocycles. The number of carbonyl (C=O) groups is 1. The summed E-state index contributed by atoms with van der Waals surface area (Å²) >= 11 is 0. The Hall–Kier alpha value is -0.280. The predicted octanol–water partition coefficient (Wildman–Crippen LogP) is -0.321. The van der Waals surface area contributed by atoms with Crippen molar-refractivity contribution in [1.82, 2.24) is 10.9 Å². The third-order valence-electron chi connectivity index (χ3n) is 1.07. The molecule has 4 heteroatoms. The van der Waals surface area contributed by atoms with Crippen molar-refractivity contribution in [2.45, 2.75) is 6.92 Å². The molecule has 3 nitrogen and oxygen atoms in total. The maximum Gasteiger partial charge on any atom is 0.238 e. The Morgan fingerprint density at radius 2 is 2.38 bits per heavy atom. The molecule has 0 spiro atoms. The molecule has 1 saturated heterocycles. The van der Waals surface area contributed by atoms with Crippen LogP contribution in [0.25, 0.3) is 0 Å². The molecule has 1 rings (SSSR count). The van der Waals surface area contributed by atoms with Crippen molar-refractivity contribution in [2.24, 2.45) is 5.92 Å². The van der Waals surface area contributed by atoms with Gasteiger partial charge in [-0.3, -0.25) is 10.2 Å². The van der Waals surface area contributed by atoms with Crippen LogP contribution in [0.5, 0.6) is 0 Å². The lowest BCUT2D eigenvalue weighted by Gasteiger charge is -1.88. The summed E-state index contributed by atoms with van der Waals surface area (Å²) in [6.07, 6.45) is 0. The average molecular weight is 137 g/mol. The Bertz CT molecular complexity index is 96.0. The van der Waals surface area contributed by atoms with Gasteiger partial charge in [0.1, 0.15) is 0 Å². The smallest absolute Gasteiger partial charge is 0.238 e. The highest BCUT2D eigenvalue weighted by molar-refractivity contribution is 5.85. The molecule has 0 aromatic carbocycles. The first-order valence-electron chi connectivity index (χ1n) is 2.33. The van der Waals surface area contributed by atoms with Gasteiger partial charge < -0.3 is 0 Å². The summed E-state index contributed by atoms with van der Waals surface area (Å²) in [5, 5.41) is 0. The van der Waals surface area contributed by atoms with Gasteiger partial charge in [0.25, 0.3) is 0 Å². The quantitative estimate of drug-likeness (QED) is 0.479. The molecule has 1 aliphatic rings. The first kappa shape index (κ1) is 7.72. The van der Waals surface area contributed by atoms with E-state index < -0.39 is 0 Å². The fraction of sp³-hybridized carbons (Fsp3) is 0.750. The van der Waals surface area contributed by atoms with Gasteiger partial charge in [-0.05, 0) is 0 Å². The minimum absolute atomic E-state index is 0. The number of amides is 1. The van der Waals surface area contributed by atoms with Crippen LogP contribution in [0.3, 0.4) is 0 Å². The molecule has 0 aromatic rings. The Morgan fingerprint density at radius 1 is 1.75 bits per heavy atom. The third-order valence-corrected chi connectivity index (χ3v) is 1.07. The summed E-state index contributed by atoms with van der Waals surface area (Å²) in [4.78, 5) is 10.4. The van der Waals surface area contributed by atoms with E-state index in [0.717, 1.165) is 6.54 Å². The Kier molecular flexibility index (Phi) is 2.79. The number of rotatable bonds is 0. The van der Waals surface area contributed by atoms with E-state index in [4.69, 9.17) is 0 Å². The van der Waals surface area contributed by atoms with Crippen LogP contribution in [0.2, 0.25) is 0 Å². The first-order chi connectivity index (χ1) is 3.30. The van der Waals surface area contributed by atoms with E-state index in [2.05, 4.69) is 10.9 Å². The molecule has 1 unspecified atom stereocenters. The maximum absolute atomic E-state index is 10.4. The van der Waals surface area contributed by atoms with Crippen molar-refractivity contribution in [3.8, 4) is 0 Å². The summed E-state index contributed by atoms with van der Waals surface area (Å²) in [6.45, 7) is 2.65. The van der Waals surface area contributed by atoms with Gasteiger partial charge >= 0.3 is 0 Å². The molecule has 1 heterocycles. The molecule has 8 heavy (non-hydrogen) atoms. The summed E-state index contributed by atoms with van der Waals surface area (Å²) in [7, 11) is 0. The Balaban J connectivity index is 0.000000490. The lowest BCUT2D eigenvalue weighted by molar-refractivity contribution is -0.122. The molecule has 2 N–H and O–H groups in total. The second-order valence-corrected chi connectivity index (χ2v) is 1.77. The average Bonchev–Trinajstić information content (AvgIpc) is 1.91. The number of halogens is 1. The molecule has 1 fully saturated rings. The fourth-order valence-electron chi connectivity index (χ4n) is 0.507. The van der Waals surface area contributed by atoms with Crippen molar-refractivity contribution in [1.29, 1.82) is 0 Å². The molecular weight excluding hydrogens is 128 g/mol. The summed E-state index contributed by atoms with van der Waals surface area (Å²) in [6, 6.07) is 0. The van der Waals surface area contributed by atoms with Crippen molar-refractivity contribution < 1.29 is 4.79 Å². The van der Waals surface area contributed by atoms with Gasteiger partial charge in [-0.15, -0.1) is 12.4 Å². The van der Waals surface area contributed by atoms with Gasteiger partial charge in [0.15, 0.2) is 0 Å². The van der Waals surface area contributed by atoms with Gasteiger partial charge in [0.05, 0.1) is 5.92 Å². The van der Waals surface area contributed by atoms with E-state index in [1.54, 1.807) is 0 Å². The van der Waals surface area contributed by atoms with E-state index in [1.807, 2.05) is 6.92 Å². The lowest BCUT2D eigenvalue weighted by atomic mass is 10.2. The largest absolute Gasteiger partial charge is 0.291 e. The van der Waals surface area contributed by atoms with Crippen molar-refractivity contribution in [2.75, 3.05) is 6.54 Å². The summed E-state index contributed by atoms with van der Waals surface area (Å²) < 4.78 is 0.